The molecule has 2 aromatic carbocycles. The summed E-state index contributed by atoms with van der Waals surface area (Å²) in [6.07, 6.45) is 1.77. The standard InChI is InChI=1S/C19H16BrN7O/c1-13-9-18(27(23-13)17-4-2-3-15(20)11-17)22-19(28)10-14-5-7-16(8-6-14)26-12-21-24-25-26/h2-9,11-12H,10H2,1H3,(H,22,28). The number of halogens is 1. The maximum Gasteiger partial charge on any atom is 0.229 e. The molecule has 1 amide bonds. The summed E-state index contributed by atoms with van der Waals surface area (Å²) in [6.45, 7) is 1.89. The van der Waals surface area contributed by atoms with E-state index in [0.29, 0.717) is 5.82 Å². The fourth-order valence-electron chi connectivity index (χ4n) is 2.81. The van der Waals surface area contributed by atoms with Crippen molar-refractivity contribution >= 4 is 27.7 Å². The number of anilines is 1. The first kappa shape index (κ1) is 18.1. The van der Waals surface area contributed by atoms with Gasteiger partial charge in [0.25, 0.3) is 0 Å². The van der Waals surface area contributed by atoms with E-state index < -0.39 is 0 Å². The lowest BCUT2D eigenvalue weighted by atomic mass is 10.1. The van der Waals surface area contributed by atoms with Crippen LogP contribution in [0.2, 0.25) is 0 Å². The van der Waals surface area contributed by atoms with Crippen LogP contribution in [0.25, 0.3) is 11.4 Å². The topological polar surface area (TPSA) is 90.5 Å². The normalized spacial score (nSPS) is 10.8. The molecule has 4 rings (SSSR count). The van der Waals surface area contributed by atoms with E-state index in [4.69, 9.17) is 0 Å². The van der Waals surface area contributed by atoms with Crippen LogP contribution in [-0.2, 0) is 11.2 Å². The maximum atomic E-state index is 12.6. The van der Waals surface area contributed by atoms with Crippen molar-refractivity contribution in [2.75, 3.05) is 5.32 Å². The van der Waals surface area contributed by atoms with Crippen molar-refractivity contribution in [1.82, 2.24) is 30.0 Å². The first-order valence-electron chi connectivity index (χ1n) is 8.53. The molecule has 8 nitrogen and oxygen atoms in total. The van der Waals surface area contributed by atoms with Crippen molar-refractivity contribution in [3.05, 3.63) is 76.7 Å². The van der Waals surface area contributed by atoms with E-state index in [1.54, 1.807) is 9.36 Å². The Balaban J connectivity index is 1.48. The molecule has 0 saturated carbocycles. The average Bonchev–Trinajstić information content (AvgIpc) is 3.32. The van der Waals surface area contributed by atoms with Crippen LogP contribution in [0.4, 0.5) is 5.82 Å². The van der Waals surface area contributed by atoms with Gasteiger partial charge in [-0.05, 0) is 53.2 Å². The van der Waals surface area contributed by atoms with Crippen LogP contribution in [-0.4, -0.2) is 35.9 Å². The molecule has 0 atom stereocenters. The molecule has 0 saturated heterocycles. The third-order valence-electron chi connectivity index (χ3n) is 4.07. The lowest BCUT2D eigenvalue weighted by Gasteiger charge is -2.09. The fraction of sp³-hybridized carbons (Fsp3) is 0.105. The van der Waals surface area contributed by atoms with Gasteiger partial charge in [0.15, 0.2) is 0 Å². The fourth-order valence-corrected chi connectivity index (χ4v) is 3.20. The van der Waals surface area contributed by atoms with Crippen LogP contribution in [0.3, 0.4) is 0 Å². The minimum Gasteiger partial charge on any atom is -0.310 e. The predicted octanol–water partition coefficient (Wildman–Crippen LogP) is 3.10. The Morgan fingerprint density at radius 2 is 1.93 bits per heavy atom. The molecule has 0 bridgehead atoms. The van der Waals surface area contributed by atoms with Crippen LogP contribution in [0.1, 0.15) is 11.3 Å². The molecule has 0 aliphatic rings. The zero-order valence-electron chi connectivity index (χ0n) is 15.0. The SMILES string of the molecule is Cc1cc(NC(=O)Cc2ccc(-n3cnnn3)cc2)n(-c2cccc(Br)c2)n1. The van der Waals surface area contributed by atoms with Gasteiger partial charge >= 0.3 is 0 Å². The van der Waals surface area contributed by atoms with Gasteiger partial charge in [-0.1, -0.05) is 34.1 Å². The smallest absolute Gasteiger partial charge is 0.229 e. The molecule has 1 N–H and O–H groups in total. The van der Waals surface area contributed by atoms with Gasteiger partial charge in [0.2, 0.25) is 5.91 Å². The van der Waals surface area contributed by atoms with Crippen molar-refractivity contribution in [3.63, 3.8) is 0 Å². The molecule has 4 aromatic rings. The number of hydrogen-bond donors (Lipinski definition) is 1. The summed E-state index contributed by atoms with van der Waals surface area (Å²) in [5.74, 6) is 0.511. The van der Waals surface area contributed by atoms with Crippen LogP contribution >= 0.6 is 15.9 Å². The summed E-state index contributed by atoms with van der Waals surface area (Å²) in [7, 11) is 0. The molecule has 0 unspecified atom stereocenters. The molecular weight excluding hydrogens is 422 g/mol. The number of nitrogens with one attached hydrogen (secondary N) is 1. The number of hydrogen-bond acceptors (Lipinski definition) is 5. The van der Waals surface area contributed by atoms with E-state index >= 15 is 0 Å². The summed E-state index contributed by atoms with van der Waals surface area (Å²) in [5, 5.41) is 18.5. The monoisotopic (exact) mass is 437 g/mol. The summed E-state index contributed by atoms with van der Waals surface area (Å²) in [5.41, 5.74) is 3.40. The molecule has 0 fully saturated rings. The molecule has 2 heterocycles. The van der Waals surface area contributed by atoms with Gasteiger partial charge in [-0.3, -0.25) is 4.79 Å². The number of rotatable bonds is 5. The van der Waals surface area contributed by atoms with Crippen molar-refractivity contribution in [1.29, 1.82) is 0 Å². The van der Waals surface area contributed by atoms with E-state index in [-0.39, 0.29) is 12.3 Å². The number of aromatic nitrogens is 6. The largest absolute Gasteiger partial charge is 0.310 e. The first-order chi connectivity index (χ1) is 13.6. The van der Waals surface area contributed by atoms with E-state index in [0.717, 1.165) is 27.1 Å². The van der Waals surface area contributed by atoms with E-state index in [1.807, 2.05) is 61.5 Å². The average molecular weight is 438 g/mol. The Kier molecular flexibility index (Phi) is 4.98. The highest BCUT2D eigenvalue weighted by atomic mass is 79.9. The van der Waals surface area contributed by atoms with Gasteiger partial charge in [0, 0.05) is 10.5 Å². The van der Waals surface area contributed by atoms with Crippen molar-refractivity contribution < 1.29 is 4.79 Å². The third-order valence-corrected chi connectivity index (χ3v) is 4.56. The lowest BCUT2D eigenvalue weighted by Crippen LogP contribution is -2.17. The zero-order chi connectivity index (χ0) is 19.5. The molecule has 0 radical (unpaired) electrons. The second kappa shape index (κ2) is 7.73. The Bertz CT molecular complexity index is 1100. The van der Waals surface area contributed by atoms with E-state index in [1.165, 1.54) is 6.33 Å². The summed E-state index contributed by atoms with van der Waals surface area (Å²) in [4.78, 5) is 12.6. The van der Waals surface area contributed by atoms with Crippen LogP contribution in [0, 0.1) is 6.92 Å². The number of nitrogens with zero attached hydrogens (tertiary/aromatic N) is 6. The first-order valence-corrected chi connectivity index (χ1v) is 9.32. The number of carbonyl (C=O) groups excluding carboxylic acids is 1. The van der Waals surface area contributed by atoms with Crippen LogP contribution in [0.5, 0.6) is 0 Å². The van der Waals surface area contributed by atoms with Gasteiger partial charge < -0.3 is 5.32 Å². The van der Waals surface area contributed by atoms with Crippen molar-refractivity contribution in [3.8, 4) is 11.4 Å². The van der Waals surface area contributed by atoms with Gasteiger partial charge in [-0.2, -0.15) is 5.10 Å². The summed E-state index contributed by atoms with van der Waals surface area (Å²) >= 11 is 3.46. The van der Waals surface area contributed by atoms with E-state index in [2.05, 4.69) is 41.9 Å². The van der Waals surface area contributed by atoms with Gasteiger partial charge in [0.1, 0.15) is 12.1 Å². The summed E-state index contributed by atoms with van der Waals surface area (Å²) in [6, 6.07) is 17.1. The second-order valence-corrected chi connectivity index (χ2v) is 7.12. The minimum absolute atomic E-state index is 0.119. The number of carbonyl (C=O) groups is 1. The Hall–Kier alpha value is -3.33. The Morgan fingerprint density at radius 1 is 1.11 bits per heavy atom. The molecule has 0 spiro atoms. The minimum atomic E-state index is -0.119. The second-order valence-electron chi connectivity index (χ2n) is 6.21. The number of benzene rings is 2. The molecule has 0 aliphatic carbocycles. The molecule has 2 aromatic heterocycles. The maximum absolute atomic E-state index is 12.6. The summed E-state index contributed by atoms with van der Waals surface area (Å²) < 4.78 is 4.22. The van der Waals surface area contributed by atoms with Gasteiger partial charge in [0.05, 0.1) is 23.5 Å². The lowest BCUT2D eigenvalue weighted by molar-refractivity contribution is -0.115. The van der Waals surface area contributed by atoms with E-state index in [9.17, 15) is 4.79 Å². The number of tetrazole rings is 1. The number of amides is 1. The quantitative estimate of drug-likeness (QED) is 0.517. The molecule has 28 heavy (non-hydrogen) atoms. The molecular formula is C19H16BrN7O. The third kappa shape index (κ3) is 3.99. The number of aryl methyl sites for hydroxylation is 1. The van der Waals surface area contributed by atoms with Crippen LogP contribution < -0.4 is 5.32 Å². The molecule has 9 heteroatoms. The predicted molar refractivity (Wildman–Crippen MR) is 107 cm³/mol. The van der Waals surface area contributed by atoms with Crippen LogP contribution in [0.15, 0.2) is 65.4 Å². The van der Waals surface area contributed by atoms with Crippen molar-refractivity contribution in [2.45, 2.75) is 13.3 Å². The highest BCUT2D eigenvalue weighted by Gasteiger charge is 2.12. The molecule has 140 valence electrons. The van der Waals surface area contributed by atoms with Gasteiger partial charge in [-0.25, -0.2) is 9.36 Å². The highest BCUT2D eigenvalue weighted by molar-refractivity contribution is 9.10. The Morgan fingerprint density at radius 3 is 2.64 bits per heavy atom. The van der Waals surface area contributed by atoms with Crippen molar-refractivity contribution in [2.24, 2.45) is 0 Å². The zero-order valence-corrected chi connectivity index (χ0v) is 16.5. The highest BCUT2D eigenvalue weighted by Crippen LogP contribution is 2.20. The molecule has 0 aliphatic heterocycles. The Labute approximate surface area is 169 Å². The van der Waals surface area contributed by atoms with Gasteiger partial charge in [-0.15, -0.1) is 5.10 Å².